The van der Waals surface area contributed by atoms with Crippen molar-refractivity contribution in [2.45, 2.75) is 19.5 Å². The van der Waals surface area contributed by atoms with E-state index in [-0.39, 0.29) is 12.5 Å². The van der Waals surface area contributed by atoms with Gasteiger partial charge in [0.2, 0.25) is 0 Å². The Labute approximate surface area is 90.8 Å². The molecule has 0 spiro atoms. The highest BCUT2D eigenvalue weighted by Crippen LogP contribution is 2.35. The van der Waals surface area contributed by atoms with Crippen molar-refractivity contribution in [1.82, 2.24) is 15.0 Å². The molecule has 1 aromatic rings. The number of hydrogen-bond acceptors (Lipinski definition) is 3. The summed E-state index contributed by atoms with van der Waals surface area (Å²) in [6.07, 6.45) is 0. The van der Waals surface area contributed by atoms with E-state index in [0.717, 1.165) is 0 Å². The Morgan fingerprint density at radius 3 is 2.50 bits per heavy atom. The van der Waals surface area contributed by atoms with Crippen molar-refractivity contribution in [3.05, 3.63) is 10.3 Å². The number of hydrogen-bond donors (Lipinski definition) is 1. The minimum atomic E-state index is -1.59. The van der Waals surface area contributed by atoms with Crippen LogP contribution in [0.2, 0.25) is 0 Å². The van der Waals surface area contributed by atoms with Gasteiger partial charge in [-0.15, -0.1) is 5.10 Å². The number of aryl methyl sites for hydroxylation is 1. The smallest absolute Gasteiger partial charge is 0.169 e. The first kappa shape index (κ1) is 11.6. The molecule has 0 aliphatic carbocycles. The zero-order valence-electron chi connectivity index (χ0n) is 8.46. The molecule has 0 aliphatic rings. The van der Waals surface area contributed by atoms with E-state index in [2.05, 4.69) is 26.2 Å². The van der Waals surface area contributed by atoms with Gasteiger partial charge < -0.3 is 5.73 Å². The summed E-state index contributed by atoms with van der Waals surface area (Å²) in [4.78, 5) is 0. The van der Waals surface area contributed by atoms with Crippen LogP contribution < -0.4 is 5.73 Å². The lowest BCUT2D eigenvalue weighted by Gasteiger charge is -2.27. The van der Waals surface area contributed by atoms with Crippen LogP contribution in [0.3, 0.4) is 0 Å². The number of halogens is 2. The molecular weight excluding hydrogens is 251 g/mol. The topological polar surface area (TPSA) is 56.7 Å². The van der Waals surface area contributed by atoms with Gasteiger partial charge in [-0.1, -0.05) is 19.1 Å². The minimum absolute atomic E-state index is 0.0789. The predicted molar refractivity (Wildman–Crippen MR) is 55.4 cm³/mol. The fraction of sp³-hybridized carbons (Fsp3) is 0.750. The van der Waals surface area contributed by atoms with Crippen LogP contribution in [-0.2, 0) is 12.7 Å². The standard InChI is InChI=1S/C8H14BrFN4/c1-5(2)8(10,4-11)6-7(9)12-13-14(6)3/h5H,4,11H2,1-3H3. The van der Waals surface area contributed by atoms with Crippen molar-refractivity contribution in [2.75, 3.05) is 6.54 Å². The first-order valence-electron chi connectivity index (χ1n) is 4.38. The van der Waals surface area contributed by atoms with Gasteiger partial charge in [-0.05, 0) is 21.8 Å². The summed E-state index contributed by atoms with van der Waals surface area (Å²) in [7, 11) is 1.65. The van der Waals surface area contributed by atoms with Crippen LogP contribution in [0.25, 0.3) is 0 Å². The fourth-order valence-electron chi connectivity index (χ4n) is 1.38. The van der Waals surface area contributed by atoms with Crippen LogP contribution in [0.1, 0.15) is 19.5 Å². The van der Waals surface area contributed by atoms with Gasteiger partial charge in [0.15, 0.2) is 10.3 Å². The summed E-state index contributed by atoms with van der Waals surface area (Å²) < 4.78 is 16.3. The van der Waals surface area contributed by atoms with Gasteiger partial charge in [0.25, 0.3) is 0 Å². The Kier molecular flexibility index (Phi) is 3.26. The summed E-state index contributed by atoms with van der Waals surface area (Å²) in [6.45, 7) is 3.49. The lowest BCUT2D eigenvalue weighted by molar-refractivity contribution is 0.0977. The molecule has 0 radical (unpaired) electrons. The van der Waals surface area contributed by atoms with Crippen LogP contribution in [0.5, 0.6) is 0 Å². The van der Waals surface area contributed by atoms with E-state index in [1.807, 2.05) is 0 Å². The summed E-state index contributed by atoms with van der Waals surface area (Å²) in [6, 6.07) is 0. The lowest BCUT2D eigenvalue weighted by atomic mass is 9.89. The number of nitrogens with two attached hydrogens (primary N) is 1. The van der Waals surface area contributed by atoms with Gasteiger partial charge >= 0.3 is 0 Å². The average molecular weight is 265 g/mol. The van der Waals surface area contributed by atoms with Crippen LogP contribution in [-0.4, -0.2) is 21.5 Å². The normalized spacial score (nSPS) is 15.9. The molecular formula is C8H14BrFN4. The maximum absolute atomic E-state index is 14.5. The third-order valence-corrected chi connectivity index (χ3v) is 2.93. The van der Waals surface area contributed by atoms with Gasteiger partial charge in [0.05, 0.1) is 0 Å². The number of nitrogens with zero attached hydrogens (tertiary/aromatic N) is 3. The molecule has 0 bridgehead atoms. The quantitative estimate of drug-likeness (QED) is 0.897. The van der Waals surface area contributed by atoms with E-state index in [0.29, 0.717) is 10.3 Å². The molecule has 0 amide bonds. The Balaban J connectivity index is 3.25. The Morgan fingerprint density at radius 1 is 1.64 bits per heavy atom. The minimum Gasteiger partial charge on any atom is -0.327 e. The summed E-state index contributed by atoms with van der Waals surface area (Å²) in [5, 5.41) is 7.48. The van der Waals surface area contributed by atoms with Crippen molar-refractivity contribution in [3.8, 4) is 0 Å². The average Bonchev–Trinajstić information content (AvgIpc) is 2.45. The second-order valence-corrected chi connectivity index (χ2v) is 4.32. The van der Waals surface area contributed by atoms with Crippen molar-refractivity contribution < 1.29 is 4.39 Å². The molecule has 80 valence electrons. The Bertz CT molecular complexity index is 306. The predicted octanol–water partition coefficient (Wildman–Crippen LogP) is 1.36. The summed E-state index contributed by atoms with van der Waals surface area (Å²) >= 11 is 3.17. The molecule has 6 heteroatoms. The third kappa shape index (κ3) is 1.68. The molecule has 4 nitrogen and oxygen atoms in total. The highest BCUT2D eigenvalue weighted by molar-refractivity contribution is 9.10. The van der Waals surface area contributed by atoms with Crippen LogP contribution in [0, 0.1) is 5.92 Å². The second-order valence-electron chi connectivity index (χ2n) is 3.57. The van der Waals surface area contributed by atoms with E-state index in [9.17, 15) is 4.39 Å². The molecule has 0 fully saturated rings. The number of alkyl halides is 1. The van der Waals surface area contributed by atoms with Gasteiger partial charge in [-0.3, -0.25) is 0 Å². The van der Waals surface area contributed by atoms with Crippen LogP contribution in [0.15, 0.2) is 4.60 Å². The molecule has 1 aromatic heterocycles. The molecule has 0 aromatic carbocycles. The van der Waals surface area contributed by atoms with Crippen molar-refractivity contribution in [3.63, 3.8) is 0 Å². The molecule has 0 saturated carbocycles. The van der Waals surface area contributed by atoms with Crippen molar-refractivity contribution in [1.29, 1.82) is 0 Å². The van der Waals surface area contributed by atoms with E-state index in [4.69, 9.17) is 5.73 Å². The lowest BCUT2D eigenvalue weighted by Crippen LogP contribution is -2.37. The van der Waals surface area contributed by atoms with Crippen molar-refractivity contribution in [2.24, 2.45) is 18.7 Å². The third-order valence-electron chi connectivity index (χ3n) is 2.39. The van der Waals surface area contributed by atoms with E-state index >= 15 is 0 Å². The molecule has 1 atom stereocenters. The first-order chi connectivity index (χ1) is 6.43. The molecule has 14 heavy (non-hydrogen) atoms. The van der Waals surface area contributed by atoms with E-state index in [1.165, 1.54) is 4.68 Å². The molecule has 0 saturated heterocycles. The maximum Gasteiger partial charge on any atom is 0.169 e. The van der Waals surface area contributed by atoms with E-state index in [1.54, 1.807) is 20.9 Å². The van der Waals surface area contributed by atoms with Gasteiger partial charge in [-0.2, -0.15) is 0 Å². The Hall–Kier alpha value is -0.490. The van der Waals surface area contributed by atoms with Crippen LogP contribution in [0.4, 0.5) is 4.39 Å². The molecule has 0 aliphatic heterocycles. The highest BCUT2D eigenvalue weighted by Gasteiger charge is 2.39. The SMILES string of the molecule is CC(C)C(F)(CN)c1c(Br)nnn1C. The number of aromatic nitrogens is 3. The number of rotatable bonds is 3. The van der Waals surface area contributed by atoms with E-state index < -0.39 is 5.67 Å². The zero-order valence-corrected chi connectivity index (χ0v) is 10.0. The molecule has 1 unspecified atom stereocenters. The van der Waals surface area contributed by atoms with Crippen LogP contribution >= 0.6 is 15.9 Å². The summed E-state index contributed by atoms with van der Waals surface area (Å²) in [5.41, 5.74) is 4.28. The van der Waals surface area contributed by atoms with Crippen molar-refractivity contribution >= 4 is 15.9 Å². The van der Waals surface area contributed by atoms with Gasteiger partial charge in [0, 0.05) is 13.6 Å². The molecule has 1 heterocycles. The zero-order chi connectivity index (χ0) is 10.9. The molecule has 1 rings (SSSR count). The monoisotopic (exact) mass is 264 g/mol. The largest absolute Gasteiger partial charge is 0.327 e. The second kappa shape index (κ2) is 3.94. The highest BCUT2D eigenvalue weighted by atomic mass is 79.9. The first-order valence-corrected chi connectivity index (χ1v) is 5.17. The van der Waals surface area contributed by atoms with Gasteiger partial charge in [-0.25, -0.2) is 9.07 Å². The summed E-state index contributed by atoms with van der Waals surface area (Å²) in [5.74, 6) is -0.221. The molecule has 2 N–H and O–H groups in total. The fourth-order valence-corrected chi connectivity index (χ4v) is 2.04. The Morgan fingerprint density at radius 2 is 2.21 bits per heavy atom. The maximum atomic E-state index is 14.5. The van der Waals surface area contributed by atoms with Gasteiger partial charge in [0.1, 0.15) is 5.69 Å².